The van der Waals surface area contributed by atoms with Crippen LogP contribution in [0.4, 0.5) is 0 Å². The van der Waals surface area contributed by atoms with Gasteiger partial charge in [-0.2, -0.15) is 0 Å². The van der Waals surface area contributed by atoms with Crippen molar-refractivity contribution in [2.24, 2.45) is 0 Å². The summed E-state index contributed by atoms with van der Waals surface area (Å²) in [6, 6.07) is 0. The Labute approximate surface area is 48.9 Å². The minimum absolute atomic E-state index is 0.248. The standard InChI is InChI=1S/C3H8BClO2/c1-6-4(3-5)7-2/h3H2,1-2H3. The fourth-order valence-electron chi connectivity index (χ4n) is 0.222. The molecule has 0 aromatic heterocycles. The number of rotatable bonds is 3. The van der Waals surface area contributed by atoms with Gasteiger partial charge in [0.1, 0.15) is 0 Å². The molecule has 0 aliphatic heterocycles. The quantitative estimate of drug-likeness (QED) is 0.402. The van der Waals surface area contributed by atoms with E-state index in [9.17, 15) is 0 Å². The maximum Gasteiger partial charge on any atom is 0.472 e. The van der Waals surface area contributed by atoms with E-state index in [-0.39, 0.29) is 7.12 Å². The van der Waals surface area contributed by atoms with Gasteiger partial charge in [-0.15, -0.1) is 11.6 Å². The Hall–Kier alpha value is 0.275. The van der Waals surface area contributed by atoms with Crippen molar-refractivity contribution in [1.29, 1.82) is 0 Å². The molecule has 0 N–H and O–H groups in total. The molecule has 42 valence electrons. The molecule has 0 aliphatic carbocycles. The number of hydrogen-bond donors (Lipinski definition) is 0. The van der Waals surface area contributed by atoms with Crippen molar-refractivity contribution in [1.82, 2.24) is 0 Å². The average Bonchev–Trinajstić information content (AvgIpc) is 1.72. The summed E-state index contributed by atoms with van der Waals surface area (Å²) >= 11 is 5.32. The van der Waals surface area contributed by atoms with E-state index in [4.69, 9.17) is 20.9 Å². The third kappa shape index (κ3) is 2.91. The summed E-state index contributed by atoms with van der Waals surface area (Å²) in [6.45, 7) is 0. The molecular weight excluding hydrogens is 114 g/mol. The Bertz CT molecular complexity index is 34.4. The second-order valence-corrected chi connectivity index (χ2v) is 1.36. The first-order valence-corrected chi connectivity index (χ1v) is 2.50. The van der Waals surface area contributed by atoms with E-state index in [2.05, 4.69) is 0 Å². The van der Waals surface area contributed by atoms with Gasteiger partial charge in [0.2, 0.25) is 0 Å². The van der Waals surface area contributed by atoms with Gasteiger partial charge in [0.15, 0.2) is 0 Å². The van der Waals surface area contributed by atoms with Crippen LogP contribution in [0.2, 0.25) is 0 Å². The highest BCUT2D eigenvalue weighted by molar-refractivity contribution is 6.56. The zero-order valence-corrected chi connectivity index (χ0v) is 5.23. The summed E-state index contributed by atoms with van der Waals surface area (Å²) in [6.07, 6.45) is 0. The monoisotopic (exact) mass is 122 g/mol. The van der Waals surface area contributed by atoms with Crippen molar-refractivity contribution in [2.45, 2.75) is 0 Å². The van der Waals surface area contributed by atoms with Gasteiger partial charge < -0.3 is 9.31 Å². The van der Waals surface area contributed by atoms with Crippen LogP contribution in [0.3, 0.4) is 0 Å². The van der Waals surface area contributed by atoms with Crippen molar-refractivity contribution in [2.75, 3.05) is 20.0 Å². The molecule has 4 heteroatoms. The lowest BCUT2D eigenvalue weighted by Gasteiger charge is -2.00. The lowest BCUT2D eigenvalue weighted by atomic mass is 9.96. The van der Waals surface area contributed by atoms with Crippen LogP contribution in [-0.2, 0) is 9.31 Å². The average molecular weight is 122 g/mol. The van der Waals surface area contributed by atoms with Crippen LogP contribution >= 0.6 is 11.6 Å². The normalized spacial score (nSPS) is 9.00. The fourth-order valence-corrected chi connectivity index (χ4v) is 0.474. The van der Waals surface area contributed by atoms with E-state index < -0.39 is 0 Å². The van der Waals surface area contributed by atoms with Gasteiger partial charge >= 0.3 is 7.12 Å². The molecule has 0 saturated carbocycles. The van der Waals surface area contributed by atoms with Gasteiger partial charge in [-0.3, -0.25) is 0 Å². The Morgan fingerprint density at radius 2 is 1.86 bits per heavy atom. The van der Waals surface area contributed by atoms with E-state index >= 15 is 0 Å². The van der Waals surface area contributed by atoms with Crippen molar-refractivity contribution in [3.05, 3.63) is 0 Å². The van der Waals surface area contributed by atoms with Crippen molar-refractivity contribution in [3.8, 4) is 0 Å². The van der Waals surface area contributed by atoms with E-state index in [1.165, 1.54) is 0 Å². The molecule has 0 bridgehead atoms. The van der Waals surface area contributed by atoms with Gasteiger partial charge in [0.25, 0.3) is 0 Å². The first kappa shape index (κ1) is 7.27. The molecular formula is C3H8BClO2. The summed E-state index contributed by atoms with van der Waals surface area (Å²) in [5, 5.41) is 0. The van der Waals surface area contributed by atoms with E-state index in [0.717, 1.165) is 0 Å². The second-order valence-electron chi connectivity index (χ2n) is 1.06. The van der Waals surface area contributed by atoms with Gasteiger partial charge in [0, 0.05) is 14.2 Å². The summed E-state index contributed by atoms with van der Waals surface area (Å²) in [5.74, 6) is 0.382. The Morgan fingerprint density at radius 1 is 1.43 bits per heavy atom. The summed E-state index contributed by atoms with van der Waals surface area (Å²) in [4.78, 5) is 0. The molecule has 0 spiro atoms. The highest BCUT2D eigenvalue weighted by Crippen LogP contribution is 1.85. The molecule has 0 atom stereocenters. The number of alkyl halides is 1. The smallest absolute Gasteiger partial charge is 0.413 e. The highest BCUT2D eigenvalue weighted by atomic mass is 35.5. The Balaban J connectivity index is 2.99. The lowest BCUT2D eigenvalue weighted by molar-refractivity contribution is 0.284. The third-order valence-electron chi connectivity index (χ3n) is 0.652. The number of halogens is 1. The lowest BCUT2D eigenvalue weighted by Crippen LogP contribution is -2.20. The van der Waals surface area contributed by atoms with Gasteiger partial charge in [-0.1, -0.05) is 0 Å². The molecule has 0 saturated heterocycles. The molecule has 0 unspecified atom stereocenters. The van der Waals surface area contributed by atoms with Crippen LogP contribution in [0, 0.1) is 0 Å². The largest absolute Gasteiger partial charge is 0.472 e. The molecule has 0 aromatic carbocycles. The van der Waals surface area contributed by atoms with Gasteiger partial charge in [0.05, 0.1) is 5.78 Å². The topological polar surface area (TPSA) is 18.5 Å². The van der Waals surface area contributed by atoms with Crippen LogP contribution < -0.4 is 0 Å². The van der Waals surface area contributed by atoms with Gasteiger partial charge in [-0.25, -0.2) is 0 Å². The predicted octanol–water partition coefficient (Wildman–Crippen LogP) is 0.545. The fraction of sp³-hybridized carbons (Fsp3) is 1.00. The zero-order valence-electron chi connectivity index (χ0n) is 4.48. The van der Waals surface area contributed by atoms with Crippen LogP contribution in [0.25, 0.3) is 0 Å². The molecule has 0 amide bonds. The second kappa shape index (κ2) is 4.43. The SMILES string of the molecule is COB(CCl)OC. The Morgan fingerprint density at radius 3 is 1.86 bits per heavy atom. The first-order valence-electron chi connectivity index (χ1n) is 1.96. The van der Waals surface area contributed by atoms with Crippen LogP contribution in [0.1, 0.15) is 0 Å². The minimum atomic E-state index is -0.248. The third-order valence-corrected chi connectivity index (χ3v) is 0.904. The summed E-state index contributed by atoms with van der Waals surface area (Å²) in [5.41, 5.74) is 0. The highest BCUT2D eigenvalue weighted by Gasteiger charge is 2.09. The summed E-state index contributed by atoms with van der Waals surface area (Å²) in [7, 11) is 2.86. The Kier molecular flexibility index (Phi) is 4.61. The van der Waals surface area contributed by atoms with Crippen LogP contribution in [0.15, 0.2) is 0 Å². The van der Waals surface area contributed by atoms with Crippen molar-refractivity contribution in [3.63, 3.8) is 0 Å². The minimum Gasteiger partial charge on any atom is -0.413 e. The van der Waals surface area contributed by atoms with Crippen molar-refractivity contribution >= 4 is 18.7 Å². The molecule has 0 fully saturated rings. The molecule has 7 heavy (non-hydrogen) atoms. The van der Waals surface area contributed by atoms with Crippen LogP contribution in [0.5, 0.6) is 0 Å². The maximum atomic E-state index is 5.32. The predicted molar refractivity (Wildman–Crippen MR) is 30.5 cm³/mol. The zero-order chi connectivity index (χ0) is 5.70. The number of hydrogen-bond acceptors (Lipinski definition) is 2. The molecule has 0 heterocycles. The molecule has 0 rings (SSSR count). The molecule has 2 nitrogen and oxygen atoms in total. The maximum absolute atomic E-state index is 5.32. The summed E-state index contributed by atoms with van der Waals surface area (Å²) < 4.78 is 9.39. The van der Waals surface area contributed by atoms with E-state index in [1.807, 2.05) is 0 Å². The van der Waals surface area contributed by atoms with E-state index in [1.54, 1.807) is 14.2 Å². The molecule has 0 aliphatic rings. The molecule has 0 radical (unpaired) electrons. The first-order chi connectivity index (χ1) is 3.35. The van der Waals surface area contributed by atoms with Crippen LogP contribution in [-0.4, -0.2) is 27.1 Å². The van der Waals surface area contributed by atoms with Crippen molar-refractivity contribution < 1.29 is 9.31 Å². The van der Waals surface area contributed by atoms with E-state index in [0.29, 0.717) is 5.78 Å². The van der Waals surface area contributed by atoms with Gasteiger partial charge in [-0.05, 0) is 0 Å². The molecule has 0 aromatic rings.